The maximum atomic E-state index is 3.83. The molecule has 2 N–H and O–H groups in total. The van der Waals surface area contributed by atoms with Crippen molar-refractivity contribution in [1.29, 1.82) is 0 Å². The van der Waals surface area contributed by atoms with Crippen molar-refractivity contribution in [2.24, 2.45) is 11.8 Å². The van der Waals surface area contributed by atoms with E-state index in [1.807, 2.05) is 0 Å². The summed E-state index contributed by atoms with van der Waals surface area (Å²) in [5.74, 6) is 1.72. The molecule has 0 aromatic heterocycles. The summed E-state index contributed by atoms with van der Waals surface area (Å²) in [5, 5.41) is 7.63. The van der Waals surface area contributed by atoms with Crippen LogP contribution >= 0.6 is 0 Å². The Labute approximate surface area is 103 Å². The SMILES string of the molecule is c1ccc(NC2C3CCC2C2CCC3N2)cc1. The minimum atomic E-state index is 0.719. The Morgan fingerprint density at radius 2 is 1.53 bits per heavy atom. The molecule has 2 nitrogen and oxygen atoms in total. The number of hydrogen-bond donors (Lipinski definition) is 2. The third kappa shape index (κ3) is 1.50. The van der Waals surface area contributed by atoms with Crippen LogP contribution in [-0.4, -0.2) is 18.1 Å². The molecule has 4 unspecified atom stereocenters. The van der Waals surface area contributed by atoms with Crippen LogP contribution in [0.1, 0.15) is 25.7 Å². The number of fused-ring (bicyclic) bond motifs is 6. The maximum absolute atomic E-state index is 3.83. The standard InChI is InChI=1S/C15H20N2/c1-2-4-10(5-3-1)16-15-11-6-7-12(15)14-9-8-13(11)17-14/h1-5,11-17H,6-9H2. The monoisotopic (exact) mass is 228 g/mol. The minimum Gasteiger partial charge on any atom is -0.382 e. The number of anilines is 1. The van der Waals surface area contributed by atoms with Gasteiger partial charge in [0.05, 0.1) is 0 Å². The van der Waals surface area contributed by atoms with Gasteiger partial charge < -0.3 is 10.6 Å². The Morgan fingerprint density at radius 1 is 0.882 bits per heavy atom. The van der Waals surface area contributed by atoms with Crippen LogP contribution in [0.4, 0.5) is 5.69 Å². The second kappa shape index (κ2) is 3.74. The number of benzene rings is 1. The lowest BCUT2D eigenvalue weighted by Gasteiger charge is -2.37. The fourth-order valence-electron chi connectivity index (χ4n) is 4.38. The molecule has 2 saturated heterocycles. The second-order valence-electron chi connectivity index (χ2n) is 5.90. The molecule has 2 aliphatic heterocycles. The zero-order valence-corrected chi connectivity index (χ0v) is 10.1. The van der Waals surface area contributed by atoms with E-state index < -0.39 is 0 Å². The molecule has 3 aliphatic rings. The maximum Gasteiger partial charge on any atom is 0.0347 e. The molecule has 0 spiro atoms. The van der Waals surface area contributed by atoms with E-state index in [1.165, 1.54) is 31.4 Å². The molecular weight excluding hydrogens is 208 g/mol. The molecule has 2 heteroatoms. The van der Waals surface area contributed by atoms with Crippen molar-refractivity contribution in [3.05, 3.63) is 30.3 Å². The predicted octanol–water partition coefficient (Wildman–Crippen LogP) is 2.63. The summed E-state index contributed by atoms with van der Waals surface area (Å²) in [6, 6.07) is 13.0. The summed E-state index contributed by atoms with van der Waals surface area (Å²) in [7, 11) is 0. The van der Waals surface area contributed by atoms with Crippen LogP contribution in [0.2, 0.25) is 0 Å². The predicted molar refractivity (Wildman–Crippen MR) is 70.0 cm³/mol. The first-order valence-electron chi connectivity index (χ1n) is 6.99. The van der Waals surface area contributed by atoms with Crippen molar-refractivity contribution in [3.63, 3.8) is 0 Å². The highest BCUT2D eigenvalue weighted by molar-refractivity contribution is 5.44. The number of rotatable bonds is 2. The first-order valence-corrected chi connectivity index (χ1v) is 6.99. The number of piperidine rings is 1. The fourth-order valence-corrected chi connectivity index (χ4v) is 4.38. The molecule has 1 aromatic carbocycles. The van der Waals surface area contributed by atoms with Gasteiger partial charge in [-0.2, -0.15) is 0 Å². The van der Waals surface area contributed by atoms with Crippen LogP contribution in [0, 0.1) is 11.8 Å². The number of hydrogen-bond acceptors (Lipinski definition) is 2. The number of nitrogens with one attached hydrogen (secondary N) is 2. The van der Waals surface area contributed by atoms with Gasteiger partial charge in [0.2, 0.25) is 0 Å². The van der Waals surface area contributed by atoms with Gasteiger partial charge in [-0.3, -0.25) is 0 Å². The van der Waals surface area contributed by atoms with Crippen LogP contribution < -0.4 is 10.6 Å². The Bertz CT molecular complexity index is 385. The molecule has 4 rings (SSSR count). The van der Waals surface area contributed by atoms with E-state index in [0.29, 0.717) is 0 Å². The van der Waals surface area contributed by atoms with Crippen LogP contribution in [0.15, 0.2) is 30.3 Å². The van der Waals surface area contributed by atoms with E-state index in [4.69, 9.17) is 0 Å². The summed E-state index contributed by atoms with van der Waals surface area (Å²) in [4.78, 5) is 0. The second-order valence-corrected chi connectivity index (χ2v) is 5.90. The fraction of sp³-hybridized carbons (Fsp3) is 0.600. The minimum absolute atomic E-state index is 0.719. The zero-order valence-electron chi connectivity index (χ0n) is 10.1. The summed E-state index contributed by atoms with van der Waals surface area (Å²) in [5.41, 5.74) is 1.30. The van der Waals surface area contributed by atoms with E-state index in [-0.39, 0.29) is 0 Å². The molecule has 1 saturated carbocycles. The van der Waals surface area contributed by atoms with Crippen LogP contribution in [0.5, 0.6) is 0 Å². The quantitative estimate of drug-likeness (QED) is 0.813. The lowest BCUT2D eigenvalue weighted by atomic mass is 9.87. The lowest BCUT2D eigenvalue weighted by molar-refractivity contribution is 0.261. The highest BCUT2D eigenvalue weighted by atomic mass is 15.1. The van der Waals surface area contributed by atoms with Crippen molar-refractivity contribution in [3.8, 4) is 0 Å². The van der Waals surface area contributed by atoms with E-state index in [2.05, 4.69) is 41.0 Å². The molecule has 0 amide bonds. The molecule has 3 fully saturated rings. The van der Waals surface area contributed by atoms with E-state index >= 15 is 0 Å². The smallest absolute Gasteiger partial charge is 0.0347 e. The summed E-state index contributed by atoms with van der Waals surface area (Å²) < 4.78 is 0. The van der Waals surface area contributed by atoms with Crippen molar-refractivity contribution in [2.45, 2.75) is 43.8 Å². The first kappa shape index (κ1) is 9.95. The van der Waals surface area contributed by atoms with E-state index in [1.54, 1.807) is 0 Å². The van der Waals surface area contributed by atoms with Gasteiger partial charge in [0.15, 0.2) is 0 Å². The van der Waals surface area contributed by atoms with Gasteiger partial charge >= 0.3 is 0 Å². The van der Waals surface area contributed by atoms with E-state index in [0.717, 1.165) is 30.0 Å². The number of para-hydroxylation sites is 1. The van der Waals surface area contributed by atoms with Gasteiger partial charge in [-0.1, -0.05) is 18.2 Å². The van der Waals surface area contributed by atoms with Gasteiger partial charge in [0, 0.05) is 23.8 Å². The van der Waals surface area contributed by atoms with Crippen molar-refractivity contribution in [2.75, 3.05) is 5.32 Å². The molecule has 2 heterocycles. The molecule has 0 radical (unpaired) electrons. The van der Waals surface area contributed by atoms with Crippen LogP contribution in [0.3, 0.4) is 0 Å². The van der Waals surface area contributed by atoms with Crippen molar-refractivity contribution in [1.82, 2.24) is 5.32 Å². The summed E-state index contributed by atoms with van der Waals surface area (Å²) >= 11 is 0. The Kier molecular flexibility index (Phi) is 2.19. The van der Waals surface area contributed by atoms with Crippen molar-refractivity contribution < 1.29 is 0 Å². The zero-order chi connectivity index (χ0) is 11.2. The average molecular weight is 228 g/mol. The highest BCUT2D eigenvalue weighted by Gasteiger charge is 2.51. The molecule has 90 valence electrons. The molecule has 17 heavy (non-hydrogen) atoms. The third-order valence-corrected chi connectivity index (χ3v) is 5.11. The van der Waals surface area contributed by atoms with Gasteiger partial charge in [-0.15, -0.1) is 0 Å². The summed E-state index contributed by atoms with van der Waals surface area (Å²) in [6.07, 6.45) is 5.64. The van der Waals surface area contributed by atoms with Crippen LogP contribution in [0.25, 0.3) is 0 Å². The first-order chi connectivity index (χ1) is 8.42. The molecule has 1 aliphatic carbocycles. The Hall–Kier alpha value is -1.02. The van der Waals surface area contributed by atoms with Gasteiger partial charge in [-0.25, -0.2) is 0 Å². The highest BCUT2D eigenvalue weighted by Crippen LogP contribution is 2.47. The van der Waals surface area contributed by atoms with E-state index in [9.17, 15) is 0 Å². The lowest BCUT2D eigenvalue weighted by Crippen LogP contribution is -2.52. The average Bonchev–Trinajstić information content (AvgIpc) is 2.87. The molecule has 4 atom stereocenters. The Morgan fingerprint density at radius 3 is 2.18 bits per heavy atom. The topological polar surface area (TPSA) is 24.1 Å². The van der Waals surface area contributed by atoms with Gasteiger partial charge in [0.1, 0.15) is 0 Å². The molecule has 1 aromatic rings. The molecular formula is C15H20N2. The van der Waals surface area contributed by atoms with Crippen molar-refractivity contribution >= 4 is 5.69 Å². The van der Waals surface area contributed by atoms with Crippen LogP contribution in [-0.2, 0) is 0 Å². The molecule has 4 bridgehead atoms. The van der Waals surface area contributed by atoms with Gasteiger partial charge in [-0.05, 0) is 49.7 Å². The normalized spacial score (nSPS) is 42.7. The third-order valence-electron chi connectivity index (χ3n) is 5.11. The Balaban J connectivity index is 1.59. The summed E-state index contributed by atoms with van der Waals surface area (Å²) in [6.45, 7) is 0. The largest absolute Gasteiger partial charge is 0.382 e. The van der Waals surface area contributed by atoms with Gasteiger partial charge in [0.25, 0.3) is 0 Å².